The van der Waals surface area contributed by atoms with Gasteiger partial charge in [0.15, 0.2) is 0 Å². The van der Waals surface area contributed by atoms with Crippen LogP contribution in [0.5, 0.6) is 5.75 Å². The number of hydrogen-bond donors (Lipinski definition) is 0. The number of aromatic nitrogens is 2. The molecule has 0 atom stereocenters. The molecule has 0 saturated carbocycles. The second kappa shape index (κ2) is 7.61. The van der Waals surface area contributed by atoms with Crippen molar-refractivity contribution in [2.75, 3.05) is 14.2 Å². The summed E-state index contributed by atoms with van der Waals surface area (Å²) in [6.07, 6.45) is 0.250. The van der Waals surface area contributed by atoms with Gasteiger partial charge in [0.05, 0.1) is 20.1 Å². The number of rotatable bonds is 6. The summed E-state index contributed by atoms with van der Waals surface area (Å²) >= 11 is 0. The predicted molar refractivity (Wildman–Crippen MR) is 92.9 cm³/mol. The Morgan fingerprint density at radius 1 is 1.12 bits per heavy atom. The lowest BCUT2D eigenvalue weighted by molar-refractivity contribution is -0.130. The second-order valence-corrected chi connectivity index (χ2v) is 5.62. The number of carbonyl (C=O) groups is 1. The van der Waals surface area contributed by atoms with Crippen molar-refractivity contribution in [3.63, 3.8) is 0 Å². The topological polar surface area (TPSA) is 68.5 Å². The average molecular weight is 337 g/mol. The minimum Gasteiger partial charge on any atom is -0.496 e. The fourth-order valence-corrected chi connectivity index (χ4v) is 2.46. The van der Waals surface area contributed by atoms with Crippen molar-refractivity contribution in [3.05, 3.63) is 66.1 Å². The summed E-state index contributed by atoms with van der Waals surface area (Å²) in [6, 6.07) is 17.0. The molecule has 3 aromatic rings. The van der Waals surface area contributed by atoms with Crippen LogP contribution < -0.4 is 4.74 Å². The van der Waals surface area contributed by atoms with Crippen LogP contribution in [-0.2, 0) is 17.8 Å². The minimum atomic E-state index is -0.0519. The summed E-state index contributed by atoms with van der Waals surface area (Å²) < 4.78 is 10.5. The van der Waals surface area contributed by atoms with Crippen molar-refractivity contribution < 1.29 is 14.1 Å². The minimum absolute atomic E-state index is 0.0519. The van der Waals surface area contributed by atoms with E-state index in [-0.39, 0.29) is 18.9 Å². The largest absolute Gasteiger partial charge is 0.496 e. The number of ether oxygens (including phenoxy) is 1. The molecule has 1 aromatic heterocycles. The molecule has 25 heavy (non-hydrogen) atoms. The van der Waals surface area contributed by atoms with E-state index in [0.29, 0.717) is 17.5 Å². The molecule has 128 valence electrons. The van der Waals surface area contributed by atoms with E-state index in [1.807, 2.05) is 54.6 Å². The first-order valence-electron chi connectivity index (χ1n) is 7.91. The molecule has 6 heteroatoms. The lowest BCUT2D eigenvalue weighted by atomic mass is 10.1. The van der Waals surface area contributed by atoms with Gasteiger partial charge in [-0.25, -0.2) is 0 Å². The van der Waals surface area contributed by atoms with Crippen molar-refractivity contribution in [1.82, 2.24) is 15.0 Å². The van der Waals surface area contributed by atoms with Crippen LogP contribution in [0.2, 0.25) is 0 Å². The Labute approximate surface area is 146 Å². The van der Waals surface area contributed by atoms with E-state index in [1.54, 1.807) is 19.1 Å². The summed E-state index contributed by atoms with van der Waals surface area (Å²) in [7, 11) is 3.31. The Morgan fingerprint density at radius 3 is 2.60 bits per heavy atom. The molecule has 0 N–H and O–H groups in total. The number of likely N-dealkylation sites (N-methyl/N-ethyl adjacent to an activating group) is 1. The molecule has 1 amide bonds. The van der Waals surface area contributed by atoms with Crippen molar-refractivity contribution in [2.24, 2.45) is 0 Å². The number of hydrogen-bond acceptors (Lipinski definition) is 5. The van der Waals surface area contributed by atoms with Gasteiger partial charge in [-0.15, -0.1) is 0 Å². The number of benzene rings is 2. The Balaban J connectivity index is 1.65. The SMILES string of the molecule is COc1ccccc1CC(=O)N(C)Cc1nc(-c2ccccc2)no1. The monoisotopic (exact) mass is 337 g/mol. The number of amides is 1. The van der Waals surface area contributed by atoms with Crippen LogP contribution in [0.4, 0.5) is 0 Å². The summed E-state index contributed by atoms with van der Waals surface area (Å²) in [5.41, 5.74) is 1.72. The van der Waals surface area contributed by atoms with Gasteiger partial charge in [0.25, 0.3) is 0 Å². The first-order valence-corrected chi connectivity index (χ1v) is 7.91. The van der Waals surface area contributed by atoms with Crippen LogP contribution in [0, 0.1) is 0 Å². The first-order chi connectivity index (χ1) is 12.2. The third kappa shape index (κ3) is 4.03. The van der Waals surface area contributed by atoms with Gasteiger partial charge < -0.3 is 14.2 Å². The number of para-hydroxylation sites is 1. The molecule has 3 rings (SSSR count). The predicted octanol–water partition coefficient (Wildman–Crippen LogP) is 2.95. The van der Waals surface area contributed by atoms with Gasteiger partial charge in [0, 0.05) is 18.2 Å². The van der Waals surface area contributed by atoms with E-state index in [1.165, 1.54) is 0 Å². The van der Waals surface area contributed by atoms with E-state index >= 15 is 0 Å². The van der Waals surface area contributed by atoms with Gasteiger partial charge in [-0.05, 0) is 6.07 Å². The standard InChI is InChI=1S/C19H19N3O3/c1-22(18(23)12-15-10-6-7-11-16(15)24-2)13-17-20-19(21-25-17)14-8-4-3-5-9-14/h3-11H,12-13H2,1-2H3. The molecular weight excluding hydrogens is 318 g/mol. The van der Waals surface area contributed by atoms with E-state index in [4.69, 9.17) is 9.26 Å². The molecule has 6 nitrogen and oxygen atoms in total. The van der Waals surface area contributed by atoms with Gasteiger partial charge >= 0.3 is 0 Å². The molecule has 2 aromatic carbocycles. The zero-order valence-corrected chi connectivity index (χ0v) is 14.2. The lowest BCUT2D eigenvalue weighted by Crippen LogP contribution is -2.28. The Kier molecular flexibility index (Phi) is 5.09. The smallest absolute Gasteiger partial charge is 0.246 e. The highest BCUT2D eigenvalue weighted by Crippen LogP contribution is 2.19. The molecule has 0 radical (unpaired) electrons. The lowest BCUT2D eigenvalue weighted by Gasteiger charge is -2.15. The molecule has 0 unspecified atom stereocenters. The fourth-order valence-electron chi connectivity index (χ4n) is 2.46. The van der Waals surface area contributed by atoms with Crippen molar-refractivity contribution in [2.45, 2.75) is 13.0 Å². The maximum atomic E-state index is 12.4. The molecule has 0 aliphatic carbocycles. The van der Waals surface area contributed by atoms with Gasteiger partial charge in [-0.2, -0.15) is 4.98 Å². The second-order valence-electron chi connectivity index (χ2n) is 5.62. The summed E-state index contributed by atoms with van der Waals surface area (Å²) in [6.45, 7) is 0.258. The number of nitrogens with zero attached hydrogens (tertiary/aromatic N) is 3. The molecular formula is C19H19N3O3. The third-order valence-corrected chi connectivity index (χ3v) is 3.83. The van der Waals surface area contributed by atoms with Crippen LogP contribution in [0.15, 0.2) is 59.1 Å². The number of methoxy groups -OCH3 is 1. The van der Waals surface area contributed by atoms with Crippen molar-refractivity contribution in [1.29, 1.82) is 0 Å². The van der Waals surface area contributed by atoms with Gasteiger partial charge in [-0.3, -0.25) is 4.79 Å². The summed E-state index contributed by atoms with van der Waals surface area (Å²) in [5, 5.41) is 3.97. The van der Waals surface area contributed by atoms with Crippen LogP contribution in [0.1, 0.15) is 11.5 Å². The van der Waals surface area contributed by atoms with E-state index in [9.17, 15) is 4.79 Å². The first kappa shape index (κ1) is 16.7. The van der Waals surface area contributed by atoms with Crippen LogP contribution in [0.25, 0.3) is 11.4 Å². The zero-order chi connectivity index (χ0) is 17.6. The van der Waals surface area contributed by atoms with E-state index in [0.717, 1.165) is 11.1 Å². The maximum Gasteiger partial charge on any atom is 0.246 e. The molecule has 0 bridgehead atoms. The van der Waals surface area contributed by atoms with Crippen molar-refractivity contribution >= 4 is 5.91 Å². The normalized spacial score (nSPS) is 10.5. The van der Waals surface area contributed by atoms with Gasteiger partial charge in [0.1, 0.15) is 5.75 Å². The Hall–Kier alpha value is -3.15. The molecule has 0 aliphatic heterocycles. The molecule has 0 saturated heterocycles. The van der Waals surface area contributed by atoms with Crippen LogP contribution in [0.3, 0.4) is 0 Å². The highest BCUT2D eigenvalue weighted by atomic mass is 16.5. The van der Waals surface area contributed by atoms with Gasteiger partial charge in [0.2, 0.25) is 17.6 Å². The number of carbonyl (C=O) groups excluding carboxylic acids is 1. The fraction of sp³-hybridized carbons (Fsp3) is 0.211. The Morgan fingerprint density at radius 2 is 1.84 bits per heavy atom. The molecule has 0 fully saturated rings. The average Bonchev–Trinajstić information content (AvgIpc) is 3.11. The van der Waals surface area contributed by atoms with E-state index in [2.05, 4.69) is 10.1 Å². The maximum absolute atomic E-state index is 12.4. The van der Waals surface area contributed by atoms with Crippen molar-refractivity contribution in [3.8, 4) is 17.1 Å². The third-order valence-electron chi connectivity index (χ3n) is 3.83. The molecule has 0 spiro atoms. The van der Waals surface area contributed by atoms with Gasteiger partial charge in [-0.1, -0.05) is 53.7 Å². The van der Waals surface area contributed by atoms with E-state index < -0.39 is 0 Å². The van der Waals surface area contributed by atoms with Crippen LogP contribution in [-0.4, -0.2) is 35.1 Å². The zero-order valence-electron chi connectivity index (χ0n) is 14.2. The molecule has 1 heterocycles. The quantitative estimate of drug-likeness (QED) is 0.692. The summed E-state index contributed by atoms with van der Waals surface area (Å²) in [5.74, 6) is 1.56. The highest BCUT2D eigenvalue weighted by molar-refractivity contribution is 5.79. The molecule has 0 aliphatic rings. The van der Waals surface area contributed by atoms with Crippen LogP contribution >= 0.6 is 0 Å². The highest BCUT2D eigenvalue weighted by Gasteiger charge is 2.16. The Bertz CT molecular complexity index is 846. The summed E-state index contributed by atoms with van der Waals surface area (Å²) in [4.78, 5) is 18.4.